The van der Waals surface area contributed by atoms with Crippen molar-refractivity contribution in [3.63, 3.8) is 0 Å². The summed E-state index contributed by atoms with van der Waals surface area (Å²) in [6, 6.07) is 0. The van der Waals surface area contributed by atoms with Gasteiger partial charge in [-0.05, 0) is 26.8 Å². The summed E-state index contributed by atoms with van der Waals surface area (Å²) in [5.74, 6) is 0.807. The van der Waals surface area contributed by atoms with Gasteiger partial charge >= 0.3 is 0 Å². The van der Waals surface area contributed by atoms with Crippen molar-refractivity contribution >= 4 is 17.0 Å². The minimum atomic E-state index is -0.139. The normalized spacial score (nSPS) is 15.9. The van der Waals surface area contributed by atoms with E-state index in [1.807, 2.05) is 18.7 Å². The summed E-state index contributed by atoms with van der Waals surface area (Å²) >= 11 is 0. The Bertz CT molecular complexity index is 816. The van der Waals surface area contributed by atoms with Crippen LogP contribution in [0.1, 0.15) is 31.1 Å². The van der Waals surface area contributed by atoms with E-state index in [2.05, 4.69) is 16.8 Å². The van der Waals surface area contributed by atoms with Gasteiger partial charge in [-0.1, -0.05) is 6.92 Å². The molecule has 0 N–H and O–H groups in total. The number of amides is 1. The van der Waals surface area contributed by atoms with Crippen LogP contribution in [0.5, 0.6) is 0 Å². The molecule has 3 rings (SSSR count). The van der Waals surface area contributed by atoms with Gasteiger partial charge in [0.25, 0.3) is 5.56 Å². The third kappa shape index (κ3) is 3.61. The Kier molecular flexibility index (Phi) is 5.22. The van der Waals surface area contributed by atoms with Crippen molar-refractivity contribution in [2.75, 3.05) is 32.7 Å². The minimum absolute atomic E-state index is 0.100. The van der Waals surface area contributed by atoms with Crippen LogP contribution in [0.2, 0.25) is 0 Å². The lowest BCUT2D eigenvalue weighted by Crippen LogP contribution is -2.49. The molecule has 0 aromatic carbocycles. The number of furan rings is 1. The number of piperazine rings is 1. The van der Waals surface area contributed by atoms with Crippen LogP contribution in [0, 0.1) is 13.8 Å². The Morgan fingerprint density at radius 1 is 1.20 bits per heavy atom. The van der Waals surface area contributed by atoms with Crippen LogP contribution in [0.15, 0.2) is 15.5 Å². The zero-order chi connectivity index (χ0) is 18.0. The van der Waals surface area contributed by atoms with Gasteiger partial charge in [0, 0.05) is 44.7 Å². The van der Waals surface area contributed by atoms with Crippen LogP contribution in [0.25, 0.3) is 11.1 Å². The van der Waals surface area contributed by atoms with Crippen molar-refractivity contribution in [3.05, 3.63) is 28.0 Å². The predicted molar refractivity (Wildman–Crippen MR) is 95.7 cm³/mol. The van der Waals surface area contributed by atoms with Crippen LogP contribution in [0.3, 0.4) is 0 Å². The molecule has 1 aliphatic rings. The summed E-state index contributed by atoms with van der Waals surface area (Å²) in [7, 11) is 0. The Morgan fingerprint density at radius 2 is 1.92 bits per heavy atom. The molecule has 1 fully saturated rings. The monoisotopic (exact) mass is 346 g/mol. The molecule has 0 aliphatic carbocycles. The van der Waals surface area contributed by atoms with Crippen molar-refractivity contribution in [3.8, 4) is 0 Å². The van der Waals surface area contributed by atoms with Gasteiger partial charge in [0.2, 0.25) is 11.6 Å². The first kappa shape index (κ1) is 17.7. The second kappa shape index (κ2) is 7.39. The van der Waals surface area contributed by atoms with E-state index in [1.54, 1.807) is 0 Å². The molecule has 2 aromatic heterocycles. The van der Waals surface area contributed by atoms with Gasteiger partial charge in [-0.3, -0.25) is 19.1 Å². The highest BCUT2D eigenvalue weighted by Gasteiger charge is 2.21. The first-order valence-electron chi connectivity index (χ1n) is 8.96. The molecule has 3 heterocycles. The SMILES string of the molecule is CCCN1CCN(C(=O)CCn2cnc3oc(C)c(C)c3c2=O)CC1. The average Bonchev–Trinajstić information content (AvgIpc) is 2.90. The zero-order valence-electron chi connectivity index (χ0n) is 15.2. The first-order chi connectivity index (χ1) is 12.0. The van der Waals surface area contributed by atoms with Crippen molar-refractivity contribution in [1.29, 1.82) is 0 Å². The van der Waals surface area contributed by atoms with Gasteiger partial charge in [0.05, 0.1) is 0 Å². The molecule has 136 valence electrons. The summed E-state index contributed by atoms with van der Waals surface area (Å²) in [6.45, 7) is 10.7. The fourth-order valence-corrected chi connectivity index (χ4v) is 3.34. The van der Waals surface area contributed by atoms with Crippen LogP contribution < -0.4 is 5.56 Å². The Morgan fingerprint density at radius 3 is 2.60 bits per heavy atom. The van der Waals surface area contributed by atoms with Gasteiger partial charge in [0.15, 0.2) is 0 Å². The quantitative estimate of drug-likeness (QED) is 0.821. The standard InChI is InChI=1S/C18H26N4O3/c1-4-6-20-8-10-21(11-9-20)15(23)5-7-22-12-19-17-16(18(22)24)13(2)14(3)25-17/h12H,4-11H2,1-3H3. The molecule has 0 spiro atoms. The predicted octanol–water partition coefficient (Wildman–Crippen LogP) is 1.55. The number of hydrogen-bond acceptors (Lipinski definition) is 5. The molecule has 1 saturated heterocycles. The molecule has 0 atom stereocenters. The maximum Gasteiger partial charge on any atom is 0.264 e. The molecule has 0 bridgehead atoms. The maximum atomic E-state index is 12.6. The fourth-order valence-electron chi connectivity index (χ4n) is 3.34. The van der Waals surface area contributed by atoms with Crippen molar-refractivity contribution in [2.45, 2.75) is 40.2 Å². The Balaban J connectivity index is 1.63. The van der Waals surface area contributed by atoms with Crippen LogP contribution in [0.4, 0.5) is 0 Å². The molecular formula is C18H26N4O3. The topological polar surface area (TPSA) is 71.6 Å². The summed E-state index contributed by atoms with van der Waals surface area (Å²) in [5, 5.41) is 0.514. The van der Waals surface area contributed by atoms with E-state index in [1.165, 1.54) is 10.9 Å². The molecule has 1 amide bonds. The summed E-state index contributed by atoms with van der Waals surface area (Å²) in [4.78, 5) is 33.5. The van der Waals surface area contributed by atoms with E-state index in [4.69, 9.17) is 4.42 Å². The molecular weight excluding hydrogens is 320 g/mol. The number of carbonyl (C=O) groups excluding carboxylic acids is 1. The van der Waals surface area contributed by atoms with Crippen LogP contribution >= 0.6 is 0 Å². The van der Waals surface area contributed by atoms with Gasteiger partial charge in [0.1, 0.15) is 17.5 Å². The van der Waals surface area contributed by atoms with E-state index in [0.717, 1.165) is 44.7 Å². The highest BCUT2D eigenvalue weighted by atomic mass is 16.3. The van der Waals surface area contributed by atoms with Crippen molar-refractivity contribution in [2.24, 2.45) is 0 Å². The fraction of sp³-hybridized carbons (Fsp3) is 0.611. The van der Waals surface area contributed by atoms with E-state index in [9.17, 15) is 9.59 Å². The highest BCUT2D eigenvalue weighted by Crippen LogP contribution is 2.19. The molecule has 2 aromatic rings. The molecule has 0 unspecified atom stereocenters. The maximum absolute atomic E-state index is 12.6. The van der Waals surface area contributed by atoms with E-state index in [0.29, 0.717) is 29.8 Å². The number of rotatable bonds is 5. The first-order valence-corrected chi connectivity index (χ1v) is 8.96. The lowest BCUT2D eigenvalue weighted by atomic mass is 10.2. The lowest BCUT2D eigenvalue weighted by molar-refractivity contribution is -0.133. The Hall–Kier alpha value is -2.15. The molecule has 0 saturated carbocycles. The molecule has 0 radical (unpaired) electrons. The van der Waals surface area contributed by atoms with E-state index >= 15 is 0 Å². The highest BCUT2D eigenvalue weighted by molar-refractivity contribution is 5.78. The van der Waals surface area contributed by atoms with Gasteiger partial charge < -0.3 is 9.32 Å². The van der Waals surface area contributed by atoms with Crippen molar-refractivity contribution < 1.29 is 9.21 Å². The third-order valence-electron chi connectivity index (χ3n) is 4.99. The van der Waals surface area contributed by atoms with E-state index < -0.39 is 0 Å². The average molecular weight is 346 g/mol. The third-order valence-corrected chi connectivity index (χ3v) is 4.99. The van der Waals surface area contributed by atoms with Gasteiger partial charge in [-0.25, -0.2) is 4.98 Å². The van der Waals surface area contributed by atoms with Crippen LogP contribution in [-0.2, 0) is 11.3 Å². The summed E-state index contributed by atoms with van der Waals surface area (Å²) < 4.78 is 6.99. The summed E-state index contributed by atoms with van der Waals surface area (Å²) in [5.41, 5.74) is 1.05. The van der Waals surface area contributed by atoms with Crippen LogP contribution in [-0.4, -0.2) is 58.0 Å². The summed E-state index contributed by atoms with van der Waals surface area (Å²) in [6.07, 6.45) is 2.93. The largest absolute Gasteiger partial charge is 0.443 e. The smallest absolute Gasteiger partial charge is 0.264 e. The van der Waals surface area contributed by atoms with Gasteiger partial charge in [-0.15, -0.1) is 0 Å². The second-order valence-electron chi connectivity index (χ2n) is 6.68. The second-order valence-corrected chi connectivity index (χ2v) is 6.68. The minimum Gasteiger partial charge on any atom is -0.443 e. The number of hydrogen-bond donors (Lipinski definition) is 0. The number of nitrogens with zero attached hydrogens (tertiary/aromatic N) is 4. The molecule has 7 nitrogen and oxygen atoms in total. The molecule has 25 heavy (non-hydrogen) atoms. The number of fused-ring (bicyclic) bond motifs is 1. The Labute approximate surface area is 147 Å². The number of carbonyl (C=O) groups is 1. The zero-order valence-corrected chi connectivity index (χ0v) is 15.2. The number of aryl methyl sites for hydroxylation is 3. The van der Waals surface area contributed by atoms with Gasteiger partial charge in [-0.2, -0.15) is 0 Å². The molecule has 1 aliphatic heterocycles. The molecule has 7 heteroatoms. The van der Waals surface area contributed by atoms with Crippen molar-refractivity contribution in [1.82, 2.24) is 19.4 Å². The lowest BCUT2D eigenvalue weighted by Gasteiger charge is -2.34. The number of aromatic nitrogens is 2. The van der Waals surface area contributed by atoms with E-state index in [-0.39, 0.29) is 11.5 Å².